The Labute approximate surface area is 100 Å². The molecule has 0 saturated carbocycles. The molecule has 0 aliphatic carbocycles. The molecule has 0 aromatic carbocycles. The average Bonchev–Trinajstić information content (AvgIpc) is 2.25. The van der Waals surface area contributed by atoms with Crippen LogP contribution >= 0.6 is 0 Å². The third-order valence-corrected chi connectivity index (χ3v) is 3.39. The number of nitrogens with zero attached hydrogens (tertiary/aromatic N) is 2. The summed E-state index contributed by atoms with van der Waals surface area (Å²) < 4.78 is 0. The van der Waals surface area contributed by atoms with Gasteiger partial charge in [0.2, 0.25) is 0 Å². The van der Waals surface area contributed by atoms with Crippen molar-refractivity contribution in [2.24, 2.45) is 0 Å². The van der Waals surface area contributed by atoms with Gasteiger partial charge in [-0.3, -0.25) is 0 Å². The minimum atomic E-state index is -0.0312. The summed E-state index contributed by atoms with van der Waals surface area (Å²) in [6.45, 7) is 4.64. The lowest BCUT2D eigenvalue weighted by Gasteiger charge is -2.29. The van der Waals surface area contributed by atoms with Crippen LogP contribution in [0.25, 0.3) is 0 Å². The van der Waals surface area contributed by atoms with E-state index in [0.29, 0.717) is 0 Å². The Balaban J connectivity index is 1.87. The molecule has 1 aliphatic rings. The first-order valence-corrected chi connectivity index (χ1v) is 6.73. The Morgan fingerprint density at radius 3 is 2.31 bits per heavy atom. The highest BCUT2D eigenvalue weighted by Gasteiger charge is 2.15. The first-order valence-electron chi connectivity index (χ1n) is 6.73. The van der Waals surface area contributed by atoms with E-state index in [1.165, 1.54) is 38.8 Å². The van der Waals surface area contributed by atoms with Crippen molar-refractivity contribution in [2.75, 3.05) is 40.3 Å². The third-order valence-electron chi connectivity index (χ3n) is 3.39. The molecule has 0 aromatic heterocycles. The predicted octanol–water partition coefficient (Wildman–Crippen LogP) is 1.57. The van der Waals surface area contributed by atoms with E-state index >= 15 is 0 Å². The number of aliphatic hydroxyl groups excluding tert-OH is 1. The summed E-state index contributed by atoms with van der Waals surface area (Å²) >= 11 is 0. The lowest BCUT2D eigenvalue weighted by Crippen LogP contribution is -2.36. The van der Waals surface area contributed by atoms with Crippen LogP contribution in [0.1, 0.15) is 38.5 Å². The van der Waals surface area contributed by atoms with Gasteiger partial charge in [0.15, 0.2) is 0 Å². The number of aliphatic hydroxyl groups is 1. The number of hydrogen-bond donors (Lipinski definition) is 1. The van der Waals surface area contributed by atoms with Gasteiger partial charge < -0.3 is 14.9 Å². The molecule has 3 heteroatoms. The van der Waals surface area contributed by atoms with Crippen LogP contribution < -0.4 is 0 Å². The third kappa shape index (κ3) is 6.46. The van der Waals surface area contributed by atoms with Crippen molar-refractivity contribution >= 4 is 0 Å². The van der Waals surface area contributed by atoms with Gasteiger partial charge in [0.1, 0.15) is 0 Å². The molecule has 0 radical (unpaired) electrons. The molecule has 1 aliphatic heterocycles. The summed E-state index contributed by atoms with van der Waals surface area (Å²) in [4.78, 5) is 4.75. The average molecular weight is 228 g/mol. The van der Waals surface area contributed by atoms with Crippen molar-refractivity contribution in [1.82, 2.24) is 9.80 Å². The van der Waals surface area contributed by atoms with Crippen molar-refractivity contribution < 1.29 is 5.11 Å². The highest BCUT2D eigenvalue weighted by Crippen LogP contribution is 2.11. The molecule has 0 amide bonds. The zero-order valence-corrected chi connectivity index (χ0v) is 11.0. The van der Waals surface area contributed by atoms with E-state index in [9.17, 15) is 5.11 Å². The Bertz CT molecular complexity index is 165. The molecule has 3 nitrogen and oxygen atoms in total. The van der Waals surface area contributed by atoms with Crippen LogP contribution in [0.15, 0.2) is 0 Å². The van der Waals surface area contributed by atoms with Crippen molar-refractivity contribution in [1.29, 1.82) is 0 Å². The molecular weight excluding hydrogens is 200 g/mol. The molecule has 1 heterocycles. The van der Waals surface area contributed by atoms with Crippen LogP contribution in [-0.2, 0) is 0 Å². The van der Waals surface area contributed by atoms with Crippen molar-refractivity contribution in [3.05, 3.63) is 0 Å². The first-order chi connectivity index (χ1) is 7.68. The van der Waals surface area contributed by atoms with Gasteiger partial charge in [0.05, 0.1) is 6.10 Å². The standard InChI is InChI=1S/C13H28N2O/c1-14(2)9-5-3-4-6-10-15-11-7-13(16)8-12-15/h13,16H,3-12H2,1-2H3. The second-order valence-electron chi connectivity index (χ2n) is 5.29. The molecule has 1 N–H and O–H groups in total. The van der Waals surface area contributed by atoms with E-state index in [1.54, 1.807) is 0 Å². The van der Waals surface area contributed by atoms with Crippen molar-refractivity contribution in [3.8, 4) is 0 Å². The summed E-state index contributed by atoms with van der Waals surface area (Å²) in [6.07, 6.45) is 7.27. The van der Waals surface area contributed by atoms with Gasteiger partial charge in [-0.05, 0) is 52.9 Å². The van der Waals surface area contributed by atoms with Crippen LogP contribution in [0, 0.1) is 0 Å². The highest BCUT2D eigenvalue weighted by atomic mass is 16.3. The summed E-state index contributed by atoms with van der Waals surface area (Å²) in [5, 5.41) is 9.39. The molecule has 0 spiro atoms. The zero-order chi connectivity index (χ0) is 11.8. The van der Waals surface area contributed by atoms with E-state index < -0.39 is 0 Å². The maximum absolute atomic E-state index is 9.39. The van der Waals surface area contributed by atoms with Gasteiger partial charge in [-0.15, -0.1) is 0 Å². The summed E-state index contributed by atoms with van der Waals surface area (Å²) in [7, 11) is 4.28. The topological polar surface area (TPSA) is 26.7 Å². The molecule has 0 bridgehead atoms. The minimum Gasteiger partial charge on any atom is -0.393 e. The molecule has 0 atom stereocenters. The van der Waals surface area contributed by atoms with Crippen LogP contribution in [0.4, 0.5) is 0 Å². The smallest absolute Gasteiger partial charge is 0.0564 e. The van der Waals surface area contributed by atoms with Crippen LogP contribution in [0.2, 0.25) is 0 Å². The Kier molecular flexibility index (Phi) is 7.01. The monoisotopic (exact) mass is 228 g/mol. The maximum atomic E-state index is 9.39. The van der Waals surface area contributed by atoms with Gasteiger partial charge in [-0.1, -0.05) is 12.8 Å². The van der Waals surface area contributed by atoms with E-state index in [4.69, 9.17) is 0 Å². The largest absolute Gasteiger partial charge is 0.393 e. The number of piperidine rings is 1. The molecular formula is C13H28N2O. The molecule has 0 aromatic rings. The summed E-state index contributed by atoms with van der Waals surface area (Å²) in [5.41, 5.74) is 0. The minimum absolute atomic E-state index is 0.0312. The SMILES string of the molecule is CN(C)CCCCCCN1CCC(O)CC1. The normalized spacial score (nSPS) is 19.5. The van der Waals surface area contributed by atoms with Gasteiger partial charge in [-0.25, -0.2) is 0 Å². The lowest BCUT2D eigenvalue weighted by molar-refractivity contribution is 0.0817. The predicted molar refractivity (Wildman–Crippen MR) is 68.7 cm³/mol. The maximum Gasteiger partial charge on any atom is 0.0564 e. The highest BCUT2D eigenvalue weighted by molar-refractivity contribution is 4.70. The van der Waals surface area contributed by atoms with Crippen molar-refractivity contribution in [2.45, 2.75) is 44.6 Å². The Morgan fingerprint density at radius 2 is 1.69 bits per heavy atom. The zero-order valence-electron chi connectivity index (χ0n) is 11.0. The fraction of sp³-hybridized carbons (Fsp3) is 1.00. The number of likely N-dealkylation sites (tertiary alicyclic amines) is 1. The molecule has 96 valence electrons. The van der Waals surface area contributed by atoms with Gasteiger partial charge in [0, 0.05) is 13.1 Å². The van der Waals surface area contributed by atoms with E-state index in [-0.39, 0.29) is 6.10 Å². The van der Waals surface area contributed by atoms with E-state index in [0.717, 1.165) is 25.9 Å². The molecule has 0 unspecified atom stereocenters. The number of unbranched alkanes of at least 4 members (excludes halogenated alkanes) is 3. The fourth-order valence-corrected chi connectivity index (χ4v) is 2.26. The molecule has 1 rings (SSSR count). The van der Waals surface area contributed by atoms with Crippen LogP contribution in [0.5, 0.6) is 0 Å². The molecule has 1 saturated heterocycles. The molecule has 16 heavy (non-hydrogen) atoms. The second-order valence-corrected chi connectivity index (χ2v) is 5.29. The van der Waals surface area contributed by atoms with Gasteiger partial charge in [-0.2, -0.15) is 0 Å². The fourth-order valence-electron chi connectivity index (χ4n) is 2.26. The summed E-state index contributed by atoms with van der Waals surface area (Å²) in [5.74, 6) is 0. The number of hydrogen-bond acceptors (Lipinski definition) is 3. The Hall–Kier alpha value is -0.120. The number of rotatable bonds is 7. The first kappa shape index (κ1) is 13.9. The van der Waals surface area contributed by atoms with Crippen LogP contribution in [-0.4, -0.2) is 61.3 Å². The van der Waals surface area contributed by atoms with E-state index in [1.807, 2.05) is 0 Å². The lowest BCUT2D eigenvalue weighted by atomic mass is 10.1. The van der Waals surface area contributed by atoms with Gasteiger partial charge >= 0.3 is 0 Å². The Morgan fingerprint density at radius 1 is 1.06 bits per heavy atom. The quantitative estimate of drug-likeness (QED) is 0.670. The van der Waals surface area contributed by atoms with Crippen LogP contribution in [0.3, 0.4) is 0 Å². The van der Waals surface area contributed by atoms with E-state index in [2.05, 4.69) is 23.9 Å². The van der Waals surface area contributed by atoms with Crippen molar-refractivity contribution in [3.63, 3.8) is 0 Å². The summed E-state index contributed by atoms with van der Waals surface area (Å²) in [6, 6.07) is 0. The second kappa shape index (κ2) is 8.04. The molecule has 1 fully saturated rings. The van der Waals surface area contributed by atoms with Gasteiger partial charge in [0.25, 0.3) is 0 Å².